The summed E-state index contributed by atoms with van der Waals surface area (Å²) < 4.78 is 141. The Hall–Kier alpha value is -6.19. The van der Waals surface area contributed by atoms with Gasteiger partial charge in [-0.15, -0.1) is 0 Å². The van der Waals surface area contributed by atoms with E-state index >= 15 is 0 Å². The minimum atomic E-state index is -5.59. The Balaban J connectivity index is 1.40. The van der Waals surface area contributed by atoms with Crippen molar-refractivity contribution >= 4 is 70.6 Å². The maximum Gasteiger partial charge on any atom is 0.338 e. The molecule has 2 saturated heterocycles. The fraction of sp³-hybridized carbons (Fsp3) is 0.455. The highest BCUT2D eigenvalue weighted by Gasteiger charge is 2.54. The van der Waals surface area contributed by atoms with Crippen LogP contribution in [0.25, 0.3) is 10.8 Å². The van der Waals surface area contributed by atoms with Crippen LogP contribution >= 0.6 is 0 Å². The average molecular weight is 1160 g/mol. The first kappa shape index (κ1) is 59.5. The SMILES string of the molecule is CC1OC(OC2C(NC(=O)c3cc(=O)[nH]c(=O)[nH]3)CC(C(=O)Nc3cc(S(=O)(=O)O)cc4cc(S(=O)(=O)O)cc(S(=O)(=O)O)c34)CC2OC2OC(CO)C(O)C(O[C@@H](C)C(=O)O)C2OC(=O)c2ccccc2)C(O)C(O)C1O. The molecule has 4 aromatic rings. The number of aromatic nitrogens is 2. The molecule has 15 atom stereocenters. The van der Waals surface area contributed by atoms with Crippen molar-refractivity contribution in [1.82, 2.24) is 15.3 Å². The number of carboxylic acids is 1. The monoisotopic (exact) mass is 1160 g/mol. The van der Waals surface area contributed by atoms with Gasteiger partial charge in [0, 0.05) is 17.4 Å². The summed E-state index contributed by atoms with van der Waals surface area (Å²) >= 11 is 0. The van der Waals surface area contributed by atoms with Crippen LogP contribution in [0.3, 0.4) is 0 Å². The number of benzene rings is 3. The van der Waals surface area contributed by atoms with Crippen LogP contribution in [0.1, 0.15) is 47.5 Å². The van der Waals surface area contributed by atoms with Crippen LogP contribution in [0.4, 0.5) is 5.69 Å². The van der Waals surface area contributed by atoms with E-state index in [1.807, 2.05) is 4.98 Å². The first-order valence-corrected chi connectivity index (χ1v) is 27.3. The number of amides is 2. The zero-order valence-electron chi connectivity index (χ0n) is 40.2. The summed E-state index contributed by atoms with van der Waals surface area (Å²) in [5, 5.41) is 67.4. The first-order valence-electron chi connectivity index (χ1n) is 22.9. The smallest absolute Gasteiger partial charge is 0.338 e. The van der Waals surface area contributed by atoms with E-state index in [1.54, 1.807) is 0 Å². The standard InChI is InChI=1S/C44H50N4O27S3/c1-16-31(51)33(53)34(54)42(71-16)75-35-24(46-39(56)25-14-29(50)48-44(60)47-25)10-20(38(55)45-23-12-21(76(61,62)63)8-19-9-22(77(64,65)66)13-28(30(19)23)78(67,68)69)11-26(35)72-43-37(74-41(59)18-6-4-3-5-7-18)36(70-17(2)40(57)58)32(52)27(15-49)73-43/h3-9,12-14,16-17,20,24,26-27,31-37,42-43,49,51-54H,10-11,15H2,1-2H3,(H,45,55)(H,46,56)(H,57,58)(H,61,62,63)(H,64,65,66)(H,67,68,69)(H2,47,48,50,60)/t16?,17-,20?,24?,26?,27?,31?,32?,33?,34?,35?,36?,37?,42?,43?/m0/s1. The van der Waals surface area contributed by atoms with Gasteiger partial charge >= 0.3 is 17.6 Å². The van der Waals surface area contributed by atoms with Crippen LogP contribution in [0, 0.1) is 5.92 Å². The Morgan fingerprint density at radius 1 is 0.756 bits per heavy atom. The van der Waals surface area contributed by atoms with Crippen LogP contribution in [0.2, 0.25) is 0 Å². The summed E-state index contributed by atoms with van der Waals surface area (Å²) in [6, 6.07) is 7.63. The topological polar surface area (TPSA) is 498 Å². The summed E-state index contributed by atoms with van der Waals surface area (Å²) in [6.07, 6.45) is -26.3. The molecule has 3 fully saturated rings. The molecule has 7 rings (SSSR count). The van der Waals surface area contributed by atoms with E-state index in [-0.39, 0.29) is 11.6 Å². The second-order valence-corrected chi connectivity index (χ2v) is 22.4. The van der Waals surface area contributed by atoms with E-state index in [1.165, 1.54) is 37.3 Å². The fourth-order valence-electron chi connectivity index (χ4n) is 8.92. The van der Waals surface area contributed by atoms with Crippen LogP contribution in [-0.2, 0) is 68.4 Å². The van der Waals surface area contributed by atoms with E-state index in [0.29, 0.717) is 24.3 Å². The zero-order chi connectivity index (χ0) is 57.5. The predicted molar refractivity (Wildman–Crippen MR) is 255 cm³/mol. The van der Waals surface area contributed by atoms with Crippen LogP contribution in [0.15, 0.2) is 84.9 Å². The number of ether oxygens (including phenoxy) is 6. The third-order valence-corrected chi connectivity index (χ3v) is 15.3. The molecule has 14 unspecified atom stereocenters. The first-order chi connectivity index (χ1) is 36.4. The molecule has 1 saturated carbocycles. The van der Waals surface area contributed by atoms with Gasteiger partial charge < -0.3 is 74.7 Å². The number of carbonyl (C=O) groups is 4. The number of anilines is 1. The van der Waals surface area contributed by atoms with Crippen molar-refractivity contribution in [3.63, 3.8) is 0 Å². The Bertz CT molecular complexity index is 3380. The molecule has 3 heterocycles. The van der Waals surface area contributed by atoms with E-state index in [9.17, 15) is 98.3 Å². The minimum absolute atomic E-state index is 0.133. The lowest BCUT2D eigenvalue weighted by molar-refractivity contribution is -0.346. The lowest BCUT2D eigenvalue weighted by atomic mass is 9.80. The second kappa shape index (κ2) is 23.3. The molecule has 0 bridgehead atoms. The van der Waals surface area contributed by atoms with Crippen molar-refractivity contribution < 1.29 is 117 Å². The van der Waals surface area contributed by atoms with Gasteiger partial charge in [0.15, 0.2) is 24.8 Å². The number of aliphatic hydroxyl groups excluding tert-OH is 5. The molecule has 1 aromatic heterocycles. The van der Waals surface area contributed by atoms with Crippen molar-refractivity contribution in [3.8, 4) is 0 Å². The third kappa shape index (κ3) is 13.3. The van der Waals surface area contributed by atoms with E-state index in [4.69, 9.17) is 28.4 Å². The zero-order valence-corrected chi connectivity index (χ0v) is 42.6. The molecule has 13 N–H and O–H groups in total. The van der Waals surface area contributed by atoms with Crippen molar-refractivity contribution in [2.45, 2.75) is 127 Å². The summed E-state index contributed by atoms with van der Waals surface area (Å²) in [5.41, 5.74) is -4.01. The third-order valence-electron chi connectivity index (χ3n) is 12.8. The van der Waals surface area contributed by atoms with Crippen molar-refractivity contribution in [1.29, 1.82) is 0 Å². The normalized spacial score (nSPS) is 29.3. The largest absolute Gasteiger partial charge is 0.479 e. The van der Waals surface area contributed by atoms with Gasteiger partial charge in [-0.1, -0.05) is 18.2 Å². The maximum absolute atomic E-state index is 14.9. The van der Waals surface area contributed by atoms with Gasteiger partial charge in [0.2, 0.25) is 5.91 Å². The van der Waals surface area contributed by atoms with Crippen molar-refractivity contribution in [2.75, 3.05) is 11.9 Å². The number of aliphatic hydroxyl groups is 5. The maximum atomic E-state index is 14.9. The number of hydrogen-bond acceptors (Lipinski definition) is 23. The highest BCUT2D eigenvalue weighted by molar-refractivity contribution is 7.87. The quantitative estimate of drug-likeness (QED) is 0.0367. The molecule has 2 amide bonds. The number of H-pyrrole nitrogens is 2. The molecule has 31 nitrogen and oxygen atoms in total. The van der Waals surface area contributed by atoms with E-state index < -0.39 is 213 Å². The van der Waals surface area contributed by atoms with Gasteiger partial charge in [-0.2, -0.15) is 25.3 Å². The molecule has 3 aromatic carbocycles. The number of hydrogen-bond donors (Lipinski definition) is 13. The summed E-state index contributed by atoms with van der Waals surface area (Å²) in [4.78, 5) is 79.8. The summed E-state index contributed by atoms with van der Waals surface area (Å²) in [7, 11) is -16.3. The summed E-state index contributed by atoms with van der Waals surface area (Å²) in [6.45, 7) is 1.22. The van der Waals surface area contributed by atoms with Gasteiger partial charge in [-0.05, 0) is 68.5 Å². The molecule has 2 aliphatic heterocycles. The molecule has 426 valence electrons. The number of carbonyl (C=O) groups excluding carboxylic acids is 3. The van der Waals surface area contributed by atoms with E-state index in [2.05, 4.69) is 15.6 Å². The number of nitrogens with one attached hydrogen (secondary N) is 4. The Labute approximate surface area is 439 Å². The summed E-state index contributed by atoms with van der Waals surface area (Å²) in [5.74, 6) is -7.10. The van der Waals surface area contributed by atoms with Gasteiger partial charge in [0.05, 0.1) is 45.9 Å². The molecule has 0 radical (unpaired) electrons. The molecule has 3 aliphatic rings. The van der Waals surface area contributed by atoms with Gasteiger partial charge in [-0.25, -0.2) is 14.4 Å². The van der Waals surface area contributed by atoms with Crippen LogP contribution in [-0.4, -0.2) is 196 Å². The van der Waals surface area contributed by atoms with Crippen LogP contribution < -0.4 is 21.9 Å². The minimum Gasteiger partial charge on any atom is -0.479 e. The van der Waals surface area contributed by atoms with Crippen LogP contribution in [0.5, 0.6) is 0 Å². The number of aromatic amines is 2. The van der Waals surface area contributed by atoms with Gasteiger partial charge in [-0.3, -0.25) is 33.0 Å². The Morgan fingerprint density at radius 2 is 1.40 bits per heavy atom. The number of carboxylic acid groups (broad SMARTS) is 1. The molecular weight excluding hydrogens is 1110 g/mol. The average Bonchev–Trinajstić information content (AvgIpc) is 3.42. The molecule has 78 heavy (non-hydrogen) atoms. The van der Waals surface area contributed by atoms with Crippen molar-refractivity contribution in [3.05, 3.63) is 92.8 Å². The fourth-order valence-corrected chi connectivity index (χ4v) is 10.8. The Kier molecular flexibility index (Phi) is 17.7. The molecular formula is C44H50N4O27S3. The van der Waals surface area contributed by atoms with Gasteiger partial charge in [0.1, 0.15) is 53.3 Å². The second-order valence-electron chi connectivity index (χ2n) is 18.1. The molecule has 0 spiro atoms. The number of fused-ring (bicyclic) bond motifs is 1. The van der Waals surface area contributed by atoms with E-state index in [0.717, 1.165) is 6.92 Å². The number of aliphatic carboxylic acids is 1. The highest BCUT2D eigenvalue weighted by atomic mass is 32.2. The van der Waals surface area contributed by atoms with Crippen molar-refractivity contribution in [2.24, 2.45) is 5.92 Å². The lowest BCUT2D eigenvalue weighted by Crippen LogP contribution is -2.65. The Morgan fingerprint density at radius 3 is 1.99 bits per heavy atom. The molecule has 34 heteroatoms. The van der Waals surface area contributed by atoms with Gasteiger partial charge in [0.25, 0.3) is 41.8 Å². The molecule has 1 aliphatic carbocycles. The number of rotatable bonds is 17. The lowest BCUT2D eigenvalue weighted by Gasteiger charge is -2.48. The highest BCUT2D eigenvalue weighted by Crippen LogP contribution is 2.40. The predicted octanol–water partition coefficient (Wildman–Crippen LogP) is -3.14. The number of esters is 1.